The van der Waals surface area contributed by atoms with E-state index < -0.39 is 0 Å². The number of halogens is 1. The number of amides is 1. The number of pyridine rings is 1. The Hall–Kier alpha value is -1.92. The normalized spacial score (nSPS) is 11.8. The minimum Gasteiger partial charge on any atom is -0.350 e. The molecule has 0 aliphatic heterocycles. The van der Waals surface area contributed by atoms with Crippen LogP contribution in [0.2, 0.25) is 5.02 Å². The molecule has 0 aliphatic carbocycles. The Labute approximate surface area is 149 Å². The number of hydrogen-bond acceptors (Lipinski definition) is 4. The highest BCUT2D eigenvalue weighted by molar-refractivity contribution is 7.09. The predicted octanol–water partition coefficient (Wildman–Crippen LogP) is 3.71. The fourth-order valence-electron chi connectivity index (χ4n) is 2.22. The first kappa shape index (κ1) is 16.9. The van der Waals surface area contributed by atoms with Crippen molar-refractivity contribution in [3.63, 3.8) is 0 Å². The third-order valence-corrected chi connectivity index (χ3v) is 4.72. The number of rotatable bonds is 4. The molecule has 3 aromatic rings. The standard InChI is InChI=1S/C17H19ClN4OS/c1-17(2,3)13-10-24-15(21-13)6-7-19-16(23)12-9-22-8-11(18)4-5-14(22)20-12/h4-5,8-10H,6-7H2,1-3H3,(H,19,23). The zero-order chi connectivity index (χ0) is 17.3. The maximum atomic E-state index is 12.2. The molecule has 1 amide bonds. The smallest absolute Gasteiger partial charge is 0.271 e. The van der Waals surface area contributed by atoms with Gasteiger partial charge in [-0.2, -0.15) is 0 Å². The van der Waals surface area contributed by atoms with Crippen LogP contribution in [-0.4, -0.2) is 26.8 Å². The van der Waals surface area contributed by atoms with E-state index in [1.807, 2.05) is 0 Å². The van der Waals surface area contributed by atoms with Gasteiger partial charge in [0.2, 0.25) is 0 Å². The molecule has 0 fully saturated rings. The van der Waals surface area contributed by atoms with Gasteiger partial charge in [-0.05, 0) is 12.1 Å². The van der Waals surface area contributed by atoms with Crippen LogP contribution >= 0.6 is 22.9 Å². The maximum absolute atomic E-state index is 12.2. The second-order valence-electron chi connectivity index (χ2n) is 6.62. The average molecular weight is 363 g/mol. The number of aromatic nitrogens is 3. The molecule has 0 bridgehead atoms. The van der Waals surface area contributed by atoms with Crippen molar-refractivity contribution in [2.24, 2.45) is 0 Å². The fourth-order valence-corrected chi connectivity index (χ4v) is 3.41. The SMILES string of the molecule is CC(C)(C)c1csc(CCNC(=O)c2cn3cc(Cl)ccc3n2)n1. The van der Waals surface area contributed by atoms with Crippen molar-refractivity contribution >= 4 is 34.5 Å². The number of carbonyl (C=O) groups is 1. The Balaban J connectivity index is 1.59. The van der Waals surface area contributed by atoms with E-state index in [0.29, 0.717) is 29.3 Å². The molecular weight excluding hydrogens is 344 g/mol. The second-order valence-corrected chi connectivity index (χ2v) is 8.00. The lowest BCUT2D eigenvalue weighted by molar-refractivity contribution is 0.0949. The minimum absolute atomic E-state index is 0.0514. The molecule has 0 aliphatic rings. The molecule has 3 rings (SSSR count). The summed E-state index contributed by atoms with van der Waals surface area (Å²) in [5, 5.41) is 6.61. The van der Waals surface area contributed by atoms with Crippen LogP contribution in [0.1, 0.15) is 42.0 Å². The molecule has 0 unspecified atom stereocenters. The largest absolute Gasteiger partial charge is 0.350 e. The molecule has 1 N–H and O–H groups in total. The van der Waals surface area contributed by atoms with Gasteiger partial charge in [0.05, 0.1) is 15.7 Å². The first-order valence-electron chi connectivity index (χ1n) is 7.70. The number of nitrogens with zero attached hydrogens (tertiary/aromatic N) is 3. The molecule has 0 spiro atoms. The van der Waals surface area contributed by atoms with E-state index >= 15 is 0 Å². The summed E-state index contributed by atoms with van der Waals surface area (Å²) in [5.74, 6) is -0.192. The summed E-state index contributed by atoms with van der Waals surface area (Å²) in [4.78, 5) is 21.1. The number of imidazole rings is 1. The lowest BCUT2D eigenvalue weighted by atomic mass is 9.93. The summed E-state index contributed by atoms with van der Waals surface area (Å²) in [6, 6.07) is 3.53. The molecule has 3 aromatic heterocycles. The first-order valence-corrected chi connectivity index (χ1v) is 8.96. The molecule has 126 valence electrons. The van der Waals surface area contributed by atoms with Crippen molar-refractivity contribution in [1.29, 1.82) is 0 Å². The van der Waals surface area contributed by atoms with Gasteiger partial charge in [0, 0.05) is 36.2 Å². The molecule has 0 saturated carbocycles. The van der Waals surface area contributed by atoms with Crippen LogP contribution in [0.3, 0.4) is 0 Å². The molecule has 3 heterocycles. The van der Waals surface area contributed by atoms with Crippen LogP contribution in [0, 0.1) is 0 Å². The molecule has 0 aromatic carbocycles. The zero-order valence-corrected chi connectivity index (χ0v) is 15.4. The Morgan fingerprint density at radius 3 is 2.79 bits per heavy atom. The fraction of sp³-hybridized carbons (Fsp3) is 0.353. The Morgan fingerprint density at radius 2 is 2.08 bits per heavy atom. The quantitative estimate of drug-likeness (QED) is 0.769. The summed E-state index contributed by atoms with van der Waals surface area (Å²) in [6.07, 6.45) is 4.12. The topological polar surface area (TPSA) is 59.3 Å². The van der Waals surface area contributed by atoms with Crippen LogP contribution in [0.5, 0.6) is 0 Å². The zero-order valence-electron chi connectivity index (χ0n) is 13.8. The van der Waals surface area contributed by atoms with E-state index in [2.05, 4.69) is 41.4 Å². The predicted molar refractivity (Wildman–Crippen MR) is 97.1 cm³/mol. The third-order valence-electron chi connectivity index (χ3n) is 3.59. The van der Waals surface area contributed by atoms with E-state index in [1.165, 1.54) is 0 Å². The number of fused-ring (bicyclic) bond motifs is 1. The first-order chi connectivity index (χ1) is 11.3. The van der Waals surface area contributed by atoms with Crippen LogP contribution in [0.15, 0.2) is 29.9 Å². The van der Waals surface area contributed by atoms with E-state index in [-0.39, 0.29) is 11.3 Å². The molecule has 0 saturated heterocycles. The van der Waals surface area contributed by atoms with E-state index in [0.717, 1.165) is 10.7 Å². The van der Waals surface area contributed by atoms with Gasteiger partial charge >= 0.3 is 0 Å². The van der Waals surface area contributed by atoms with Gasteiger partial charge < -0.3 is 9.72 Å². The number of hydrogen-bond donors (Lipinski definition) is 1. The molecule has 7 heteroatoms. The van der Waals surface area contributed by atoms with Crippen LogP contribution < -0.4 is 5.32 Å². The lowest BCUT2D eigenvalue weighted by Gasteiger charge is -2.14. The third kappa shape index (κ3) is 3.76. The lowest BCUT2D eigenvalue weighted by Crippen LogP contribution is -2.26. The van der Waals surface area contributed by atoms with Crippen molar-refractivity contribution in [3.8, 4) is 0 Å². The molecular formula is C17H19ClN4OS. The molecule has 0 radical (unpaired) electrons. The van der Waals surface area contributed by atoms with Crippen LogP contribution in [0.4, 0.5) is 0 Å². The molecule has 0 atom stereocenters. The minimum atomic E-state index is -0.192. The highest BCUT2D eigenvalue weighted by atomic mass is 35.5. The summed E-state index contributed by atoms with van der Waals surface area (Å²) in [5.41, 5.74) is 2.22. The summed E-state index contributed by atoms with van der Waals surface area (Å²) < 4.78 is 1.74. The highest BCUT2D eigenvalue weighted by Crippen LogP contribution is 2.23. The van der Waals surface area contributed by atoms with Gasteiger partial charge in [-0.1, -0.05) is 32.4 Å². The monoisotopic (exact) mass is 362 g/mol. The van der Waals surface area contributed by atoms with Gasteiger partial charge in [-0.25, -0.2) is 9.97 Å². The van der Waals surface area contributed by atoms with Crippen LogP contribution in [-0.2, 0) is 11.8 Å². The van der Waals surface area contributed by atoms with Crippen molar-refractivity contribution in [2.45, 2.75) is 32.6 Å². The van der Waals surface area contributed by atoms with E-state index in [1.54, 1.807) is 40.3 Å². The van der Waals surface area contributed by atoms with Gasteiger partial charge in [0.1, 0.15) is 11.3 Å². The van der Waals surface area contributed by atoms with E-state index in [4.69, 9.17) is 11.6 Å². The summed E-state index contributed by atoms with van der Waals surface area (Å²) >= 11 is 7.57. The Kier molecular flexibility index (Phi) is 4.60. The number of thiazole rings is 1. The molecule has 24 heavy (non-hydrogen) atoms. The Morgan fingerprint density at radius 1 is 1.29 bits per heavy atom. The van der Waals surface area contributed by atoms with Gasteiger partial charge in [0.15, 0.2) is 0 Å². The Bertz CT molecular complexity index is 878. The summed E-state index contributed by atoms with van der Waals surface area (Å²) in [7, 11) is 0. The number of carbonyl (C=O) groups excluding carboxylic acids is 1. The van der Waals surface area contributed by atoms with Crippen molar-refractivity contribution in [3.05, 3.63) is 51.3 Å². The van der Waals surface area contributed by atoms with Gasteiger partial charge in [0.25, 0.3) is 5.91 Å². The average Bonchev–Trinajstić information content (AvgIpc) is 3.12. The van der Waals surface area contributed by atoms with E-state index in [9.17, 15) is 4.79 Å². The van der Waals surface area contributed by atoms with Gasteiger partial charge in [-0.3, -0.25) is 4.79 Å². The summed E-state index contributed by atoms with van der Waals surface area (Å²) in [6.45, 7) is 6.96. The van der Waals surface area contributed by atoms with Crippen molar-refractivity contribution < 1.29 is 4.79 Å². The molecule has 5 nitrogen and oxygen atoms in total. The van der Waals surface area contributed by atoms with Crippen LogP contribution in [0.25, 0.3) is 5.65 Å². The van der Waals surface area contributed by atoms with Crippen molar-refractivity contribution in [2.75, 3.05) is 6.54 Å². The highest BCUT2D eigenvalue weighted by Gasteiger charge is 2.17. The second kappa shape index (κ2) is 6.53. The maximum Gasteiger partial charge on any atom is 0.271 e. The van der Waals surface area contributed by atoms with Gasteiger partial charge in [-0.15, -0.1) is 11.3 Å². The number of nitrogens with one attached hydrogen (secondary N) is 1. The van der Waals surface area contributed by atoms with Crippen molar-refractivity contribution in [1.82, 2.24) is 19.7 Å².